The molecule has 0 unspecified atom stereocenters. The highest BCUT2D eigenvalue weighted by Crippen LogP contribution is 2.11. The van der Waals surface area contributed by atoms with Gasteiger partial charge in [0.25, 0.3) is 5.96 Å². The molecule has 0 aliphatic rings. The Balaban J connectivity index is 3.00. The molecule has 1 rings (SSSR count). The Kier molecular flexibility index (Phi) is 9.92. The predicted octanol–water partition coefficient (Wildman–Crippen LogP) is 3.90. The molecule has 1 aromatic rings. The second-order valence-corrected chi connectivity index (χ2v) is 8.43. The third-order valence-corrected chi connectivity index (χ3v) is 3.09. The summed E-state index contributed by atoms with van der Waals surface area (Å²) in [7, 11) is 0. The Morgan fingerprint density at radius 2 is 1.53 bits per heavy atom. The van der Waals surface area contributed by atoms with E-state index in [0.717, 1.165) is 5.56 Å². The Morgan fingerprint density at radius 3 is 2.06 bits per heavy atom. The minimum absolute atomic E-state index is 0.00173. The minimum atomic E-state index is -0.964. The van der Waals surface area contributed by atoms with Crippen LogP contribution in [0.1, 0.15) is 54.0 Å². The minimum Gasteiger partial charge on any atom is -0.444 e. The van der Waals surface area contributed by atoms with Crippen molar-refractivity contribution in [1.29, 1.82) is 0 Å². The van der Waals surface area contributed by atoms with Crippen molar-refractivity contribution in [2.24, 2.45) is 5.10 Å². The molecular formula is C21H32N4O7. The largest absolute Gasteiger partial charge is 0.444 e. The number of alkyl carbamates (subject to hydrolysis) is 1. The molecule has 0 spiro atoms. The molecule has 0 aliphatic carbocycles. The van der Waals surface area contributed by atoms with Crippen LogP contribution in [0.15, 0.2) is 35.4 Å². The second kappa shape index (κ2) is 11.9. The van der Waals surface area contributed by atoms with Gasteiger partial charge in [0, 0.05) is 0 Å². The molecule has 178 valence electrons. The normalized spacial score (nSPS) is 11.9. The maximum atomic E-state index is 12.6. The first-order chi connectivity index (χ1) is 14.8. The molecule has 0 bridgehead atoms. The van der Waals surface area contributed by atoms with Crippen molar-refractivity contribution in [3.63, 3.8) is 0 Å². The molecule has 0 saturated carbocycles. The van der Waals surface area contributed by atoms with Gasteiger partial charge in [-0.15, -0.1) is 10.2 Å². The van der Waals surface area contributed by atoms with Gasteiger partial charge in [0.05, 0.1) is 6.61 Å². The van der Waals surface area contributed by atoms with Gasteiger partial charge in [0.15, 0.2) is 0 Å². The van der Waals surface area contributed by atoms with Crippen molar-refractivity contribution in [3.05, 3.63) is 35.9 Å². The van der Waals surface area contributed by atoms with Gasteiger partial charge in [-0.2, -0.15) is 0 Å². The van der Waals surface area contributed by atoms with Gasteiger partial charge < -0.3 is 14.2 Å². The molecule has 32 heavy (non-hydrogen) atoms. The van der Waals surface area contributed by atoms with Crippen molar-refractivity contribution in [2.75, 3.05) is 6.61 Å². The number of benzene rings is 1. The third kappa shape index (κ3) is 11.2. The molecule has 11 nitrogen and oxygen atoms in total. The number of carbonyl (C=O) groups is 3. The molecule has 2 N–H and O–H groups in total. The molecule has 0 saturated heterocycles. The van der Waals surface area contributed by atoms with Crippen molar-refractivity contribution in [3.8, 4) is 0 Å². The number of nitrogens with zero attached hydrogens (tertiary/aromatic N) is 2. The van der Waals surface area contributed by atoms with Crippen LogP contribution in [0.3, 0.4) is 0 Å². The number of hydroxylamine groups is 2. The summed E-state index contributed by atoms with van der Waals surface area (Å²) in [4.78, 5) is 42.1. The molecule has 0 radical (unpaired) electrons. The van der Waals surface area contributed by atoms with Crippen LogP contribution >= 0.6 is 0 Å². The van der Waals surface area contributed by atoms with Gasteiger partial charge in [-0.25, -0.2) is 19.8 Å². The Hall–Kier alpha value is -3.34. The maximum Gasteiger partial charge on any atom is 0.442 e. The van der Waals surface area contributed by atoms with Crippen LogP contribution in [-0.4, -0.2) is 47.1 Å². The van der Waals surface area contributed by atoms with E-state index in [0.29, 0.717) is 5.06 Å². The number of amides is 3. The number of hydrogen-bond acceptors (Lipinski definition) is 8. The third-order valence-electron chi connectivity index (χ3n) is 3.09. The predicted molar refractivity (Wildman–Crippen MR) is 116 cm³/mol. The first-order valence-corrected chi connectivity index (χ1v) is 10.0. The standard InChI is InChI=1S/C21H32N4O7/c1-8-30-25(19(28)32-21(5,6)7)16(22-17(26)31-20(2,3)4)23-24-18(27)29-14-15-12-10-9-11-13-15/h9-13H,8,14H2,1-7H3,(H,24,27)(H,22,23,26). The van der Waals surface area contributed by atoms with Crippen LogP contribution in [0.4, 0.5) is 14.4 Å². The Bertz CT molecular complexity index is 799. The van der Waals surface area contributed by atoms with E-state index in [1.807, 2.05) is 6.07 Å². The lowest BCUT2D eigenvalue weighted by Gasteiger charge is -2.27. The summed E-state index contributed by atoms with van der Waals surface area (Å²) in [5.41, 5.74) is 1.20. The topological polar surface area (TPSA) is 128 Å². The number of rotatable bonds is 5. The smallest absolute Gasteiger partial charge is 0.442 e. The number of carbonyl (C=O) groups excluding carboxylic acids is 3. The highest BCUT2D eigenvalue weighted by molar-refractivity contribution is 6.00. The molecule has 0 aliphatic heterocycles. The lowest BCUT2D eigenvalue weighted by molar-refractivity contribution is -0.0975. The highest BCUT2D eigenvalue weighted by Gasteiger charge is 2.30. The lowest BCUT2D eigenvalue weighted by atomic mass is 10.2. The molecule has 0 fully saturated rings. The SMILES string of the molecule is CCON(C(=O)OC(C)(C)C)C(=NNC(=O)OCc1ccccc1)NC(=O)OC(C)(C)C. The summed E-state index contributed by atoms with van der Waals surface area (Å²) in [6, 6.07) is 9.01. The van der Waals surface area contributed by atoms with E-state index >= 15 is 0 Å². The van der Waals surface area contributed by atoms with Crippen LogP contribution in [0, 0.1) is 0 Å². The van der Waals surface area contributed by atoms with E-state index in [2.05, 4.69) is 15.8 Å². The number of ether oxygens (including phenoxy) is 3. The first kappa shape index (κ1) is 26.7. The fourth-order valence-electron chi connectivity index (χ4n) is 2.01. The van der Waals surface area contributed by atoms with E-state index in [-0.39, 0.29) is 13.2 Å². The van der Waals surface area contributed by atoms with Gasteiger partial charge in [-0.1, -0.05) is 30.3 Å². The summed E-state index contributed by atoms with van der Waals surface area (Å²) < 4.78 is 15.5. The van der Waals surface area contributed by atoms with E-state index in [1.54, 1.807) is 72.7 Å². The zero-order valence-corrected chi connectivity index (χ0v) is 19.6. The van der Waals surface area contributed by atoms with Crippen molar-refractivity contribution in [1.82, 2.24) is 15.8 Å². The Morgan fingerprint density at radius 1 is 0.938 bits per heavy atom. The van der Waals surface area contributed by atoms with Crippen LogP contribution in [0.25, 0.3) is 0 Å². The van der Waals surface area contributed by atoms with Gasteiger partial charge in [0.2, 0.25) is 0 Å². The quantitative estimate of drug-likeness (QED) is 0.300. The molecule has 3 amide bonds. The number of hydrogen-bond donors (Lipinski definition) is 2. The van der Waals surface area contributed by atoms with Crippen LogP contribution in [0.5, 0.6) is 0 Å². The molecule has 0 aromatic heterocycles. The van der Waals surface area contributed by atoms with E-state index in [9.17, 15) is 14.4 Å². The van der Waals surface area contributed by atoms with Crippen molar-refractivity contribution < 1.29 is 33.4 Å². The summed E-state index contributed by atoms with van der Waals surface area (Å²) >= 11 is 0. The number of guanidine groups is 1. The molecular weight excluding hydrogens is 420 g/mol. The highest BCUT2D eigenvalue weighted by atomic mass is 16.7. The molecule has 1 aromatic carbocycles. The Labute approximate surface area is 188 Å². The summed E-state index contributed by atoms with van der Waals surface area (Å²) in [5.74, 6) is -0.480. The number of hydrazone groups is 1. The van der Waals surface area contributed by atoms with Crippen LogP contribution in [0.2, 0.25) is 0 Å². The van der Waals surface area contributed by atoms with Crippen LogP contribution < -0.4 is 10.7 Å². The average molecular weight is 453 g/mol. The molecule has 0 heterocycles. The monoisotopic (exact) mass is 452 g/mol. The number of nitrogens with one attached hydrogen (secondary N) is 2. The first-order valence-electron chi connectivity index (χ1n) is 10.0. The van der Waals surface area contributed by atoms with Crippen molar-refractivity contribution in [2.45, 2.75) is 66.3 Å². The van der Waals surface area contributed by atoms with Gasteiger partial charge in [0.1, 0.15) is 17.8 Å². The zero-order chi connectivity index (χ0) is 24.4. The maximum absolute atomic E-state index is 12.6. The molecule has 0 atom stereocenters. The molecule has 11 heteroatoms. The fraction of sp³-hybridized carbons (Fsp3) is 0.524. The van der Waals surface area contributed by atoms with Gasteiger partial charge in [-0.05, 0) is 54.0 Å². The fourth-order valence-corrected chi connectivity index (χ4v) is 2.01. The van der Waals surface area contributed by atoms with Crippen LogP contribution in [-0.2, 0) is 25.7 Å². The summed E-state index contributed by atoms with van der Waals surface area (Å²) in [6.45, 7) is 11.6. The summed E-state index contributed by atoms with van der Waals surface area (Å²) in [5, 5.41) is 6.63. The van der Waals surface area contributed by atoms with Crippen molar-refractivity contribution >= 4 is 24.2 Å². The van der Waals surface area contributed by atoms with Gasteiger partial charge >= 0.3 is 18.3 Å². The average Bonchev–Trinajstić information content (AvgIpc) is 2.65. The zero-order valence-electron chi connectivity index (χ0n) is 19.6. The second-order valence-electron chi connectivity index (χ2n) is 8.43. The van der Waals surface area contributed by atoms with Gasteiger partial charge in [-0.3, -0.25) is 10.2 Å². The van der Waals surface area contributed by atoms with E-state index in [1.165, 1.54) is 0 Å². The van der Waals surface area contributed by atoms with E-state index in [4.69, 9.17) is 19.0 Å². The lowest BCUT2D eigenvalue weighted by Crippen LogP contribution is -2.50. The summed E-state index contributed by atoms with van der Waals surface area (Å²) in [6.07, 6.45) is -2.81. The van der Waals surface area contributed by atoms with E-state index < -0.39 is 35.4 Å².